The molecule has 6 heteroatoms. The number of aryl methyl sites for hydroxylation is 1. The lowest BCUT2D eigenvalue weighted by Crippen LogP contribution is -2.04. The average molecular weight is 363 g/mol. The van der Waals surface area contributed by atoms with Crippen LogP contribution in [-0.4, -0.2) is 28.4 Å². The molecule has 3 aromatic rings. The Kier molecular flexibility index (Phi) is 5.37. The van der Waals surface area contributed by atoms with Gasteiger partial charge in [-0.1, -0.05) is 18.2 Å². The molecule has 0 fully saturated rings. The molecule has 0 amide bonds. The van der Waals surface area contributed by atoms with Crippen molar-refractivity contribution >= 4 is 51.4 Å². The number of carbonyl (C=O) groups excluding carboxylic acids is 1. The predicted octanol–water partition coefficient (Wildman–Crippen LogP) is 4.83. The summed E-state index contributed by atoms with van der Waals surface area (Å²) in [7, 11) is 0. The Bertz CT molecular complexity index is 1050. The Hall–Kier alpha value is -3.08. The van der Waals surface area contributed by atoms with Crippen LogP contribution in [0.2, 0.25) is 0 Å². The molecule has 0 saturated heterocycles. The van der Waals surface area contributed by atoms with Crippen molar-refractivity contribution in [3.05, 3.63) is 58.7 Å². The molecule has 0 saturated carbocycles. The van der Waals surface area contributed by atoms with Gasteiger partial charge in [0.05, 0.1) is 22.4 Å². The van der Waals surface area contributed by atoms with Crippen molar-refractivity contribution in [3.63, 3.8) is 0 Å². The van der Waals surface area contributed by atoms with Crippen LogP contribution < -0.4 is 0 Å². The number of hydrogen-bond acceptors (Lipinski definition) is 6. The third-order valence-electron chi connectivity index (χ3n) is 3.78. The van der Waals surface area contributed by atoms with Gasteiger partial charge in [-0.25, -0.2) is 14.8 Å². The number of aromatic nitrogens is 2. The van der Waals surface area contributed by atoms with E-state index < -0.39 is 0 Å². The van der Waals surface area contributed by atoms with Crippen LogP contribution in [0, 0.1) is 6.92 Å². The van der Waals surface area contributed by atoms with Gasteiger partial charge in [0.1, 0.15) is 6.33 Å². The van der Waals surface area contributed by atoms with Gasteiger partial charge in [-0.15, -0.1) is 11.3 Å². The molecule has 0 aliphatic carbocycles. The van der Waals surface area contributed by atoms with Crippen molar-refractivity contribution in [3.8, 4) is 0 Å². The number of fused-ring (bicyclic) bond motifs is 1. The molecule has 0 spiro atoms. The van der Waals surface area contributed by atoms with Crippen LogP contribution in [0.4, 0.5) is 5.82 Å². The van der Waals surface area contributed by atoms with Crippen LogP contribution in [0.1, 0.15) is 34.0 Å². The molecular formula is C20H17N3O2S. The average Bonchev–Trinajstić information content (AvgIpc) is 3.05. The zero-order valence-electron chi connectivity index (χ0n) is 14.5. The fraction of sp³-hybridized carbons (Fsp3) is 0.150. The molecule has 5 nitrogen and oxygen atoms in total. The largest absolute Gasteiger partial charge is 0.462 e. The Morgan fingerprint density at radius 1 is 1.35 bits per heavy atom. The molecule has 3 rings (SSSR count). The second kappa shape index (κ2) is 7.87. The molecular weight excluding hydrogens is 346 g/mol. The van der Waals surface area contributed by atoms with E-state index in [-0.39, 0.29) is 5.97 Å². The van der Waals surface area contributed by atoms with Crippen molar-refractivity contribution in [2.75, 3.05) is 6.61 Å². The summed E-state index contributed by atoms with van der Waals surface area (Å²) in [5.74, 6) is 2.76. The zero-order valence-corrected chi connectivity index (χ0v) is 15.3. The number of esters is 1. The highest BCUT2D eigenvalue weighted by molar-refractivity contribution is 7.18. The maximum Gasteiger partial charge on any atom is 0.338 e. The van der Waals surface area contributed by atoms with Gasteiger partial charge in [0.15, 0.2) is 5.82 Å². The van der Waals surface area contributed by atoms with Crippen LogP contribution >= 0.6 is 11.3 Å². The van der Waals surface area contributed by atoms with E-state index in [9.17, 15) is 4.79 Å². The van der Waals surface area contributed by atoms with Crippen molar-refractivity contribution in [2.45, 2.75) is 13.8 Å². The molecule has 2 heterocycles. The predicted molar refractivity (Wildman–Crippen MR) is 106 cm³/mol. The highest BCUT2D eigenvalue weighted by atomic mass is 32.1. The maximum atomic E-state index is 11.9. The third kappa shape index (κ3) is 3.61. The summed E-state index contributed by atoms with van der Waals surface area (Å²) < 4.78 is 5.96. The number of thiophene rings is 1. The first-order chi connectivity index (χ1) is 12.6. The van der Waals surface area contributed by atoms with Gasteiger partial charge in [-0.2, -0.15) is 4.99 Å². The summed E-state index contributed by atoms with van der Waals surface area (Å²) in [6, 6.07) is 5.52. The number of nitrogens with zero attached hydrogens (tertiary/aromatic N) is 3. The van der Waals surface area contributed by atoms with Gasteiger partial charge in [0.25, 0.3) is 0 Å². The van der Waals surface area contributed by atoms with E-state index in [0.717, 1.165) is 26.9 Å². The van der Waals surface area contributed by atoms with Crippen LogP contribution in [0.25, 0.3) is 22.4 Å². The first-order valence-electron chi connectivity index (χ1n) is 8.05. The van der Waals surface area contributed by atoms with Crippen molar-refractivity contribution in [2.24, 2.45) is 4.99 Å². The van der Waals surface area contributed by atoms with Gasteiger partial charge in [0, 0.05) is 10.9 Å². The second-order valence-corrected chi connectivity index (χ2v) is 6.34. The van der Waals surface area contributed by atoms with Gasteiger partial charge < -0.3 is 4.74 Å². The summed E-state index contributed by atoms with van der Waals surface area (Å²) in [5.41, 5.74) is 4.36. The van der Waals surface area contributed by atoms with Crippen LogP contribution in [0.15, 0.2) is 41.5 Å². The molecule has 0 radical (unpaired) electrons. The second-order valence-electron chi connectivity index (χ2n) is 5.46. The SMILES string of the molecule is C=C=Nc1ncnc2c(/C=C/c3cc(C(=O)OCC)ccc3C)csc12. The molecule has 0 N–H and O–H groups in total. The number of carbonyl (C=O) groups is 1. The van der Waals surface area contributed by atoms with Crippen molar-refractivity contribution < 1.29 is 9.53 Å². The zero-order chi connectivity index (χ0) is 18.5. The minimum Gasteiger partial charge on any atom is -0.462 e. The molecule has 0 bridgehead atoms. The van der Waals surface area contributed by atoms with E-state index in [1.165, 1.54) is 17.7 Å². The molecule has 130 valence electrons. The summed E-state index contributed by atoms with van der Waals surface area (Å²) in [6.45, 7) is 7.64. The Balaban J connectivity index is 1.97. The lowest BCUT2D eigenvalue weighted by molar-refractivity contribution is 0.0526. The lowest BCUT2D eigenvalue weighted by Gasteiger charge is -2.05. The first-order valence-corrected chi connectivity index (χ1v) is 8.93. The van der Waals surface area contributed by atoms with Crippen LogP contribution in [0.3, 0.4) is 0 Å². The quantitative estimate of drug-likeness (QED) is 0.481. The standard InChI is InChI=1S/C20H17N3O2S/c1-4-21-19-18-17(22-12-23-19)16(11-26-18)9-8-14-10-15(7-6-13(14)3)20(24)25-5-2/h6-12H,1,5H2,2-3H3/b9-8+. The van der Waals surface area contributed by atoms with Gasteiger partial charge in [0.2, 0.25) is 0 Å². The van der Waals surface area contributed by atoms with E-state index in [1.54, 1.807) is 13.0 Å². The normalized spacial score (nSPS) is 10.8. The summed E-state index contributed by atoms with van der Waals surface area (Å²) in [6.07, 6.45) is 5.43. The minimum absolute atomic E-state index is 0.317. The molecule has 0 aliphatic rings. The maximum absolute atomic E-state index is 11.9. The summed E-state index contributed by atoms with van der Waals surface area (Å²) >= 11 is 1.52. The third-order valence-corrected chi connectivity index (χ3v) is 4.76. The van der Waals surface area contributed by atoms with Crippen LogP contribution in [0.5, 0.6) is 0 Å². The Morgan fingerprint density at radius 3 is 2.92 bits per heavy atom. The molecule has 0 aliphatic heterocycles. The van der Waals surface area contributed by atoms with E-state index in [2.05, 4.69) is 27.4 Å². The Morgan fingerprint density at radius 2 is 2.15 bits per heavy atom. The van der Waals surface area contributed by atoms with Gasteiger partial charge in [-0.3, -0.25) is 0 Å². The first kappa shape index (κ1) is 17.7. The number of benzene rings is 1. The fourth-order valence-electron chi connectivity index (χ4n) is 2.47. The van der Waals surface area contributed by atoms with E-state index in [4.69, 9.17) is 4.74 Å². The van der Waals surface area contributed by atoms with Crippen molar-refractivity contribution in [1.82, 2.24) is 9.97 Å². The molecule has 2 aromatic heterocycles. The van der Waals surface area contributed by atoms with E-state index in [1.807, 2.05) is 36.6 Å². The lowest BCUT2D eigenvalue weighted by atomic mass is 10.0. The van der Waals surface area contributed by atoms with Crippen LogP contribution in [-0.2, 0) is 4.74 Å². The highest BCUT2D eigenvalue weighted by Crippen LogP contribution is 2.31. The molecule has 1 aromatic carbocycles. The fourth-order valence-corrected chi connectivity index (χ4v) is 3.39. The summed E-state index contributed by atoms with van der Waals surface area (Å²) in [5, 5.41) is 2.00. The number of ether oxygens (including phenoxy) is 1. The van der Waals surface area contributed by atoms with Gasteiger partial charge >= 0.3 is 5.97 Å². The number of hydrogen-bond donors (Lipinski definition) is 0. The smallest absolute Gasteiger partial charge is 0.338 e. The number of aliphatic imine (C=N–C) groups is 1. The minimum atomic E-state index is -0.317. The van der Waals surface area contributed by atoms with E-state index in [0.29, 0.717) is 18.0 Å². The molecule has 0 atom stereocenters. The number of rotatable bonds is 5. The monoisotopic (exact) mass is 363 g/mol. The topological polar surface area (TPSA) is 64.4 Å². The molecule has 26 heavy (non-hydrogen) atoms. The summed E-state index contributed by atoms with van der Waals surface area (Å²) in [4.78, 5) is 24.5. The van der Waals surface area contributed by atoms with Gasteiger partial charge in [-0.05, 0) is 49.6 Å². The highest BCUT2D eigenvalue weighted by Gasteiger charge is 2.10. The van der Waals surface area contributed by atoms with E-state index >= 15 is 0 Å². The molecule has 0 unspecified atom stereocenters. The Labute approximate surface area is 155 Å². The van der Waals surface area contributed by atoms with Crippen molar-refractivity contribution in [1.29, 1.82) is 0 Å².